The van der Waals surface area contributed by atoms with E-state index in [2.05, 4.69) is 4.90 Å². The Morgan fingerprint density at radius 1 is 1.35 bits per heavy atom. The molecule has 2 atom stereocenters. The van der Waals surface area contributed by atoms with Crippen LogP contribution in [0.1, 0.15) is 39.0 Å². The van der Waals surface area contributed by atoms with Gasteiger partial charge in [0, 0.05) is 32.1 Å². The van der Waals surface area contributed by atoms with Crippen LogP contribution in [0.2, 0.25) is 0 Å². The molecule has 2 aliphatic rings. The summed E-state index contributed by atoms with van der Waals surface area (Å²) < 4.78 is 0. The number of fused-ring (bicyclic) bond motifs is 1. The van der Waals surface area contributed by atoms with Gasteiger partial charge in [-0.2, -0.15) is 0 Å². The number of carbonyl (C=O) groups excluding carboxylic acids is 1. The van der Waals surface area contributed by atoms with E-state index in [1.54, 1.807) is 6.92 Å². The molecule has 98 valence electrons. The lowest BCUT2D eigenvalue weighted by Gasteiger charge is -2.25. The van der Waals surface area contributed by atoms with E-state index >= 15 is 0 Å². The Bertz CT molecular complexity index is 268. The quantitative estimate of drug-likeness (QED) is 0.795. The number of aliphatic hydroxyl groups excluding tert-OH is 1. The van der Waals surface area contributed by atoms with Crippen molar-refractivity contribution in [2.24, 2.45) is 0 Å². The molecule has 0 spiro atoms. The number of carbonyl (C=O) groups is 1. The maximum Gasteiger partial charge on any atom is 0.222 e. The number of aliphatic hydroxyl groups is 1. The van der Waals surface area contributed by atoms with E-state index in [0.717, 1.165) is 26.1 Å². The van der Waals surface area contributed by atoms with E-state index < -0.39 is 0 Å². The molecule has 4 heteroatoms. The van der Waals surface area contributed by atoms with Crippen LogP contribution in [0.4, 0.5) is 0 Å². The standard InChI is InChI=1S/C13H24N2O2/c1-11(16)5-6-13(17)15-9-3-8-14-7-2-4-12(14)10-15/h11-12,16H,2-10H2,1H3. The van der Waals surface area contributed by atoms with Crippen LogP contribution >= 0.6 is 0 Å². The van der Waals surface area contributed by atoms with Crippen LogP contribution in [0.15, 0.2) is 0 Å². The molecule has 0 aromatic heterocycles. The topological polar surface area (TPSA) is 43.8 Å². The minimum Gasteiger partial charge on any atom is -0.393 e. The first-order chi connectivity index (χ1) is 8.16. The molecule has 1 N–H and O–H groups in total. The van der Waals surface area contributed by atoms with E-state index in [0.29, 0.717) is 18.9 Å². The van der Waals surface area contributed by atoms with Crippen molar-refractivity contribution < 1.29 is 9.90 Å². The van der Waals surface area contributed by atoms with Crippen molar-refractivity contribution >= 4 is 5.91 Å². The summed E-state index contributed by atoms with van der Waals surface area (Å²) >= 11 is 0. The summed E-state index contributed by atoms with van der Waals surface area (Å²) in [5.74, 6) is 0.222. The molecular formula is C13H24N2O2. The van der Waals surface area contributed by atoms with Crippen LogP contribution in [0, 0.1) is 0 Å². The number of hydrogen-bond donors (Lipinski definition) is 1. The van der Waals surface area contributed by atoms with Crippen LogP contribution in [0.5, 0.6) is 0 Å². The first-order valence-electron chi connectivity index (χ1n) is 6.86. The monoisotopic (exact) mass is 240 g/mol. The Morgan fingerprint density at radius 2 is 2.12 bits per heavy atom. The van der Waals surface area contributed by atoms with E-state index in [-0.39, 0.29) is 12.0 Å². The molecule has 0 saturated carbocycles. The van der Waals surface area contributed by atoms with Gasteiger partial charge in [-0.25, -0.2) is 0 Å². The molecule has 2 saturated heterocycles. The van der Waals surface area contributed by atoms with Crippen molar-refractivity contribution in [3.8, 4) is 0 Å². The fourth-order valence-electron chi connectivity index (χ4n) is 2.92. The number of rotatable bonds is 3. The molecule has 0 aromatic rings. The fourth-order valence-corrected chi connectivity index (χ4v) is 2.92. The SMILES string of the molecule is CC(O)CCC(=O)N1CCCN2CCCC2C1. The zero-order valence-corrected chi connectivity index (χ0v) is 10.8. The smallest absolute Gasteiger partial charge is 0.222 e. The maximum atomic E-state index is 12.0. The molecule has 2 unspecified atom stereocenters. The highest BCUT2D eigenvalue weighted by Gasteiger charge is 2.30. The van der Waals surface area contributed by atoms with Gasteiger partial charge >= 0.3 is 0 Å². The van der Waals surface area contributed by atoms with Crippen LogP contribution in [0.3, 0.4) is 0 Å². The summed E-state index contributed by atoms with van der Waals surface area (Å²) in [5.41, 5.74) is 0. The number of amides is 1. The van der Waals surface area contributed by atoms with Crippen LogP contribution in [0.25, 0.3) is 0 Å². The van der Waals surface area contributed by atoms with Gasteiger partial charge in [0.2, 0.25) is 5.91 Å². The lowest BCUT2D eigenvalue weighted by atomic mass is 10.1. The molecule has 0 bridgehead atoms. The average Bonchev–Trinajstić information content (AvgIpc) is 2.63. The summed E-state index contributed by atoms with van der Waals surface area (Å²) in [7, 11) is 0. The van der Waals surface area contributed by atoms with Gasteiger partial charge in [-0.3, -0.25) is 9.69 Å². The van der Waals surface area contributed by atoms with Gasteiger partial charge in [-0.1, -0.05) is 0 Å². The molecule has 2 aliphatic heterocycles. The lowest BCUT2D eigenvalue weighted by Crippen LogP contribution is -2.39. The van der Waals surface area contributed by atoms with E-state index in [9.17, 15) is 9.90 Å². The average molecular weight is 240 g/mol. The normalized spacial score (nSPS) is 27.6. The minimum absolute atomic E-state index is 0.222. The predicted molar refractivity (Wildman–Crippen MR) is 66.7 cm³/mol. The third-order valence-electron chi connectivity index (χ3n) is 3.93. The summed E-state index contributed by atoms with van der Waals surface area (Å²) in [6.07, 6.45) is 4.32. The Morgan fingerprint density at radius 3 is 2.88 bits per heavy atom. The predicted octanol–water partition coefficient (Wildman–Crippen LogP) is 0.844. The highest BCUT2D eigenvalue weighted by Crippen LogP contribution is 2.21. The van der Waals surface area contributed by atoms with Crippen molar-refractivity contribution in [1.82, 2.24) is 9.80 Å². The maximum absolute atomic E-state index is 12.0. The van der Waals surface area contributed by atoms with E-state index in [1.807, 2.05) is 4.90 Å². The summed E-state index contributed by atoms with van der Waals surface area (Å²) in [4.78, 5) is 16.6. The Balaban J connectivity index is 1.85. The molecule has 2 fully saturated rings. The van der Waals surface area contributed by atoms with Gasteiger partial charge in [0.15, 0.2) is 0 Å². The molecule has 0 radical (unpaired) electrons. The summed E-state index contributed by atoms with van der Waals surface area (Å²) in [5, 5.41) is 9.23. The fraction of sp³-hybridized carbons (Fsp3) is 0.923. The van der Waals surface area contributed by atoms with Crippen molar-refractivity contribution in [3.05, 3.63) is 0 Å². The van der Waals surface area contributed by atoms with Gasteiger partial charge < -0.3 is 10.0 Å². The minimum atomic E-state index is -0.367. The third-order valence-corrected chi connectivity index (χ3v) is 3.93. The molecular weight excluding hydrogens is 216 g/mol. The molecule has 1 amide bonds. The molecule has 4 nitrogen and oxygen atoms in total. The zero-order chi connectivity index (χ0) is 12.3. The van der Waals surface area contributed by atoms with Crippen LogP contribution in [-0.2, 0) is 4.79 Å². The van der Waals surface area contributed by atoms with Crippen molar-refractivity contribution in [2.75, 3.05) is 26.2 Å². The third kappa shape index (κ3) is 3.42. The Kier molecular flexibility index (Phi) is 4.40. The summed E-state index contributed by atoms with van der Waals surface area (Å²) in [6.45, 7) is 5.89. The molecule has 2 heterocycles. The Labute approximate surface area is 104 Å². The summed E-state index contributed by atoms with van der Waals surface area (Å²) in [6, 6.07) is 0.591. The second-order valence-electron chi connectivity index (χ2n) is 5.41. The van der Waals surface area contributed by atoms with Gasteiger partial charge in [-0.15, -0.1) is 0 Å². The van der Waals surface area contributed by atoms with E-state index in [1.165, 1.54) is 19.4 Å². The molecule has 0 aromatic carbocycles. The largest absolute Gasteiger partial charge is 0.393 e. The van der Waals surface area contributed by atoms with Crippen molar-refractivity contribution in [2.45, 2.75) is 51.2 Å². The van der Waals surface area contributed by atoms with Crippen molar-refractivity contribution in [1.29, 1.82) is 0 Å². The van der Waals surface area contributed by atoms with Crippen LogP contribution in [-0.4, -0.2) is 59.1 Å². The van der Waals surface area contributed by atoms with Gasteiger partial charge in [-0.05, 0) is 39.2 Å². The molecule has 2 rings (SSSR count). The first kappa shape index (κ1) is 12.8. The number of nitrogens with zero attached hydrogens (tertiary/aromatic N) is 2. The van der Waals surface area contributed by atoms with Gasteiger partial charge in [0.1, 0.15) is 0 Å². The highest BCUT2D eigenvalue weighted by molar-refractivity contribution is 5.76. The lowest BCUT2D eigenvalue weighted by molar-refractivity contribution is -0.132. The van der Waals surface area contributed by atoms with Gasteiger partial charge in [0.25, 0.3) is 0 Å². The number of hydrogen-bond acceptors (Lipinski definition) is 3. The second-order valence-corrected chi connectivity index (χ2v) is 5.41. The van der Waals surface area contributed by atoms with Crippen molar-refractivity contribution in [3.63, 3.8) is 0 Å². The van der Waals surface area contributed by atoms with Crippen LogP contribution < -0.4 is 0 Å². The zero-order valence-electron chi connectivity index (χ0n) is 10.8. The highest BCUT2D eigenvalue weighted by atomic mass is 16.3. The molecule has 0 aliphatic carbocycles. The Hall–Kier alpha value is -0.610. The second kappa shape index (κ2) is 5.83. The molecule has 17 heavy (non-hydrogen) atoms. The van der Waals surface area contributed by atoms with Gasteiger partial charge in [0.05, 0.1) is 6.10 Å². The van der Waals surface area contributed by atoms with E-state index in [4.69, 9.17) is 0 Å². The first-order valence-corrected chi connectivity index (χ1v) is 6.86.